The average molecular weight is 1550 g/mol. The highest BCUT2D eigenvalue weighted by molar-refractivity contribution is 6.13. The number of hydrogen-bond acceptors (Lipinski definition) is 28. The number of methoxy groups -OCH3 is 1. The summed E-state index contributed by atoms with van der Waals surface area (Å²) in [5, 5.41) is 20.6. The van der Waals surface area contributed by atoms with Crippen molar-refractivity contribution in [2.24, 2.45) is 23.5 Å². The van der Waals surface area contributed by atoms with Crippen LogP contribution in [0.2, 0.25) is 0 Å². The third kappa shape index (κ3) is 29.2. The number of nitrogens with one attached hydrogen (secondary N) is 3. The molecule has 6 heterocycles. The van der Waals surface area contributed by atoms with Gasteiger partial charge in [0.1, 0.15) is 12.4 Å². The number of amides is 5. The van der Waals surface area contributed by atoms with Gasteiger partial charge in [0.2, 0.25) is 24.5 Å². The molecule has 6 N–H and O–H groups in total. The Morgan fingerprint density at radius 1 is 0.600 bits per heavy atom. The number of benzene rings is 1. The highest BCUT2D eigenvalue weighted by atomic mass is 16.7. The number of hydrogen-bond donors (Lipinski definition) is 5. The van der Waals surface area contributed by atoms with Gasteiger partial charge in [0.25, 0.3) is 17.4 Å². The van der Waals surface area contributed by atoms with Crippen molar-refractivity contribution in [2.75, 3.05) is 192 Å². The minimum atomic E-state index is -2.04. The highest BCUT2D eigenvalue weighted by Gasteiger charge is 2.46. The number of aliphatic hydroxyl groups is 1. The van der Waals surface area contributed by atoms with E-state index in [1.54, 1.807) is 46.1 Å². The molecule has 0 spiro atoms. The SMILES string of the molecule is CC[C@@]1(O)C(=O)OCc2c1cc1n(c2=O)Cc2c-1nc1cc3c(cc1c2CCC(=O)CNC(=O)[C@H](CCCCN)CC(=O)[C@@H](NC(=O)[C@H](CCCCNC(=O)CCOCCOCCOCCOCCOCCOCCOCCOCCOCCOCCOCCOC)CC(=O)CCN1C(=O)C=CC1=O)C(C)C)OCO3. The van der Waals surface area contributed by atoms with Crippen LogP contribution in [0.1, 0.15) is 120 Å². The number of carbonyl (C=O) groups is 9. The van der Waals surface area contributed by atoms with Crippen molar-refractivity contribution in [2.45, 2.75) is 129 Å². The number of rotatable bonds is 63. The summed E-state index contributed by atoms with van der Waals surface area (Å²) in [7, 11) is 1.63. The normalized spacial score (nSPS) is 15.6. The molecule has 0 aliphatic carbocycles. The van der Waals surface area contributed by atoms with E-state index in [4.69, 9.17) is 81.8 Å². The Bertz CT molecular complexity index is 3530. The van der Waals surface area contributed by atoms with E-state index in [1.807, 2.05) is 0 Å². The second-order valence-electron chi connectivity index (χ2n) is 27.1. The summed E-state index contributed by atoms with van der Waals surface area (Å²) in [4.78, 5) is 140. The molecule has 110 heavy (non-hydrogen) atoms. The zero-order chi connectivity index (χ0) is 78.9. The van der Waals surface area contributed by atoms with Crippen LogP contribution >= 0.6 is 0 Å². The molecule has 0 fully saturated rings. The summed E-state index contributed by atoms with van der Waals surface area (Å²) in [6.45, 7) is 14.8. The highest BCUT2D eigenvalue weighted by Crippen LogP contribution is 2.44. The van der Waals surface area contributed by atoms with Crippen LogP contribution in [0.5, 0.6) is 11.5 Å². The molecule has 0 saturated heterocycles. The average Bonchev–Trinajstić information content (AvgIpc) is 1.53. The van der Waals surface area contributed by atoms with Crippen LogP contribution in [0.25, 0.3) is 22.3 Å². The van der Waals surface area contributed by atoms with Crippen molar-refractivity contribution < 1.29 is 119 Å². The Morgan fingerprint density at radius 3 is 1.65 bits per heavy atom. The predicted molar refractivity (Wildman–Crippen MR) is 396 cm³/mol. The van der Waals surface area contributed by atoms with Crippen LogP contribution in [0.15, 0.2) is 35.1 Å². The molecule has 2 aromatic heterocycles. The quantitative estimate of drug-likeness (QED) is 0.0241. The fourth-order valence-electron chi connectivity index (χ4n) is 12.7. The Labute approximate surface area is 641 Å². The van der Waals surface area contributed by atoms with E-state index in [0.717, 1.165) is 17.1 Å². The summed E-state index contributed by atoms with van der Waals surface area (Å²) in [5.41, 5.74) is 6.30. The van der Waals surface area contributed by atoms with Crippen LogP contribution in [-0.2, 0) is 130 Å². The van der Waals surface area contributed by atoms with Crippen molar-refractivity contribution >= 4 is 63.8 Å². The number of cyclic esters (lactones) is 1. The van der Waals surface area contributed by atoms with Crippen molar-refractivity contribution in [3.8, 4) is 22.9 Å². The molecule has 4 aliphatic rings. The van der Waals surface area contributed by atoms with Gasteiger partial charge >= 0.3 is 5.97 Å². The number of unbranched alkanes of at least 4 members (excludes halogenated alkanes) is 2. The first-order chi connectivity index (χ1) is 53.4. The summed E-state index contributed by atoms with van der Waals surface area (Å²) in [6.07, 6.45) is 3.93. The van der Waals surface area contributed by atoms with E-state index in [0.29, 0.717) is 216 Å². The fraction of sp³-hybridized carbons (Fsp3) is 0.675. The number of aromatic nitrogens is 2. The maximum absolute atomic E-state index is 14.4. The number of nitrogens with zero attached hydrogens (tertiary/aromatic N) is 3. The van der Waals surface area contributed by atoms with Gasteiger partial charge in [-0.25, -0.2) is 9.78 Å². The number of fused-ring (bicyclic) bond motifs is 6. The number of esters is 1. The van der Waals surface area contributed by atoms with Crippen molar-refractivity contribution in [1.82, 2.24) is 30.4 Å². The molecule has 33 nitrogen and oxygen atoms in total. The van der Waals surface area contributed by atoms with E-state index in [2.05, 4.69) is 16.0 Å². The largest absolute Gasteiger partial charge is 0.458 e. The van der Waals surface area contributed by atoms with Crippen molar-refractivity contribution in [3.63, 3.8) is 0 Å². The molecular weight excluding hydrogens is 1440 g/mol. The Kier molecular flexibility index (Phi) is 40.5. The molecule has 0 bridgehead atoms. The molecule has 1 aromatic carbocycles. The first-order valence-electron chi connectivity index (χ1n) is 38.3. The minimum Gasteiger partial charge on any atom is -0.458 e. The molecule has 612 valence electrons. The van der Waals surface area contributed by atoms with Crippen molar-refractivity contribution in [3.05, 3.63) is 63.0 Å². The van der Waals surface area contributed by atoms with Gasteiger partial charge < -0.3 is 102 Å². The second-order valence-corrected chi connectivity index (χ2v) is 27.1. The number of carbonyl (C=O) groups excluding carboxylic acids is 9. The lowest BCUT2D eigenvalue weighted by atomic mass is 9.86. The lowest BCUT2D eigenvalue weighted by molar-refractivity contribution is -0.172. The van der Waals surface area contributed by atoms with Gasteiger partial charge in [-0.05, 0) is 68.7 Å². The minimum absolute atomic E-state index is 0.0130. The van der Waals surface area contributed by atoms with Gasteiger partial charge in [0.05, 0.1) is 194 Å². The van der Waals surface area contributed by atoms with Gasteiger partial charge in [-0.2, -0.15) is 0 Å². The van der Waals surface area contributed by atoms with Gasteiger partial charge in [-0.1, -0.05) is 33.6 Å². The van der Waals surface area contributed by atoms with Gasteiger partial charge in [-0.3, -0.25) is 48.1 Å². The summed E-state index contributed by atoms with van der Waals surface area (Å²) >= 11 is 0. The van der Waals surface area contributed by atoms with E-state index < -0.39 is 70.3 Å². The van der Waals surface area contributed by atoms with Crippen LogP contribution in [0.3, 0.4) is 0 Å². The molecular formula is C77H113N7O26. The Balaban J connectivity index is 0.765. The third-order valence-corrected chi connectivity index (χ3v) is 18.8. The molecule has 7 rings (SSSR count). The summed E-state index contributed by atoms with van der Waals surface area (Å²) in [6, 6.07) is 4.01. The number of Topliss-reactive ketones (excluding diaryl/α,β-unsaturated/α-hetero) is 3. The number of ether oxygens (including phenoxy) is 15. The first kappa shape index (κ1) is 89.6. The number of imide groups is 1. The number of aryl methyl sites for hydroxylation is 1. The molecule has 0 radical (unpaired) electrons. The van der Waals surface area contributed by atoms with Crippen LogP contribution in [0, 0.1) is 17.8 Å². The summed E-state index contributed by atoms with van der Waals surface area (Å²) in [5.74, 6) is -5.89. The molecule has 33 heteroatoms. The van der Waals surface area contributed by atoms with E-state index in [9.17, 15) is 53.1 Å². The van der Waals surface area contributed by atoms with Gasteiger partial charge in [-0.15, -0.1) is 0 Å². The van der Waals surface area contributed by atoms with E-state index >= 15 is 0 Å². The predicted octanol–water partition coefficient (Wildman–Crippen LogP) is 2.67. The van der Waals surface area contributed by atoms with Crippen LogP contribution in [0.4, 0.5) is 0 Å². The van der Waals surface area contributed by atoms with E-state index in [-0.39, 0.29) is 139 Å². The fourth-order valence-corrected chi connectivity index (χ4v) is 12.7. The third-order valence-electron chi connectivity index (χ3n) is 18.8. The smallest absolute Gasteiger partial charge is 0.343 e. The molecule has 0 saturated carbocycles. The number of nitrogens with two attached hydrogens (primary N) is 1. The zero-order valence-corrected chi connectivity index (χ0v) is 64.2. The lowest BCUT2D eigenvalue weighted by Gasteiger charge is -2.31. The molecule has 4 aliphatic heterocycles. The molecule has 4 atom stereocenters. The monoisotopic (exact) mass is 1550 g/mol. The van der Waals surface area contributed by atoms with E-state index in [1.165, 1.54) is 4.57 Å². The van der Waals surface area contributed by atoms with Crippen molar-refractivity contribution in [1.29, 1.82) is 0 Å². The topological polar surface area (TPSA) is 413 Å². The second kappa shape index (κ2) is 49.7. The van der Waals surface area contributed by atoms with Crippen LogP contribution < -0.4 is 36.7 Å². The maximum atomic E-state index is 14.4. The first-order valence-corrected chi connectivity index (χ1v) is 38.3. The number of ketones is 3. The molecule has 0 unspecified atom stereocenters. The van der Waals surface area contributed by atoms with Gasteiger partial charge in [0, 0.05) is 98.9 Å². The molecule has 5 amide bonds. The Morgan fingerprint density at radius 2 is 1.12 bits per heavy atom. The Hall–Kier alpha value is -7.61. The lowest BCUT2D eigenvalue weighted by Crippen LogP contribution is -2.48. The van der Waals surface area contributed by atoms with Crippen LogP contribution in [-0.4, -0.2) is 270 Å². The maximum Gasteiger partial charge on any atom is 0.343 e. The summed E-state index contributed by atoms with van der Waals surface area (Å²) < 4.78 is 83.6. The molecule has 3 aromatic rings. The standard InChI is InChI=1S/C77H113N7O26/c1-5-77(95)62-47-64-72-60(50-84(64)75(93)61(62)51-108-76(77)94)58(59-46-66-67(110-52-109-66)48-63(59)81-72)13-12-57(86)49-80-73(91)55(10-6-8-18-78)45-65(87)71(53(2)3)82-74(92)54(44-56(85)16-20-83-69(89)14-15-70(83)90)11-7-9-19-79-68(88)17-21-97-24-25-99-28-29-101-32-33-103-36-37-105-40-41-107-43-42-106-39-38-104-35-34-102-31-30-100-27-26-98-23-22-96-4/h14-15,46-48,53-55,71,95H,5-13,16-45,49-52,78H2,1-4H3,(H,79,88)(H,80,91)(H,82,92)/t54-,55-,71+,77+/m1/s1. The van der Waals surface area contributed by atoms with Gasteiger partial charge in [0.15, 0.2) is 28.7 Å². The number of pyridine rings is 2. The zero-order valence-electron chi connectivity index (χ0n) is 64.2.